The maximum absolute atomic E-state index is 11.7. The minimum Gasteiger partial charge on any atom is -0.345 e. The van der Waals surface area contributed by atoms with Gasteiger partial charge in [-0.1, -0.05) is 6.92 Å². The van der Waals surface area contributed by atoms with Crippen LogP contribution in [0.3, 0.4) is 0 Å². The van der Waals surface area contributed by atoms with E-state index in [2.05, 4.69) is 25.7 Å². The average molecular weight is 215 g/mol. The SMILES string of the molecule is CCN(C)C(=O)CN(CC)C(C)(C)CN. The number of likely N-dealkylation sites (N-methyl/N-ethyl adjacent to an activating group) is 2. The molecule has 2 N–H and O–H groups in total. The summed E-state index contributed by atoms with van der Waals surface area (Å²) in [4.78, 5) is 15.6. The van der Waals surface area contributed by atoms with Gasteiger partial charge in [-0.3, -0.25) is 9.69 Å². The minimum absolute atomic E-state index is 0.112. The van der Waals surface area contributed by atoms with Crippen molar-refractivity contribution in [1.82, 2.24) is 9.80 Å². The van der Waals surface area contributed by atoms with Gasteiger partial charge in [0.15, 0.2) is 0 Å². The zero-order valence-corrected chi connectivity index (χ0v) is 10.7. The molecule has 0 aromatic carbocycles. The van der Waals surface area contributed by atoms with Crippen molar-refractivity contribution in [2.24, 2.45) is 5.73 Å². The summed E-state index contributed by atoms with van der Waals surface area (Å²) < 4.78 is 0. The van der Waals surface area contributed by atoms with Gasteiger partial charge < -0.3 is 10.6 Å². The molecule has 0 aromatic rings. The normalized spacial score (nSPS) is 11.9. The van der Waals surface area contributed by atoms with Gasteiger partial charge in [0.1, 0.15) is 0 Å². The summed E-state index contributed by atoms with van der Waals surface area (Å²) in [6, 6.07) is 0. The van der Waals surface area contributed by atoms with Crippen molar-refractivity contribution in [1.29, 1.82) is 0 Å². The lowest BCUT2D eigenvalue weighted by Gasteiger charge is -2.37. The molecule has 4 nitrogen and oxygen atoms in total. The zero-order valence-electron chi connectivity index (χ0n) is 10.7. The Kier molecular flexibility index (Phi) is 5.83. The fraction of sp³-hybridized carbons (Fsp3) is 0.909. The van der Waals surface area contributed by atoms with Crippen LogP contribution in [0.15, 0.2) is 0 Å². The van der Waals surface area contributed by atoms with Gasteiger partial charge in [0.25, 0.3) is 0 Å². The van der Waals surface area contributed by atoms with Gasteiger partial charge in [0.2, 0.25) is 5.91 Å². The first-order valence-electron chi connectivity index (χ1n) is 5.58. The van der Waals surface area contributed by atoms with Gasteiger partial charge in [0.05, 0.1) is 6.54 Å². The predicted molar refractivity (Wildman–Crippen MR) is 63.7 cm³/mol. The highest BCUT2D eigenvalue weighted by atomic mass is 16.2. The van der Waals surface area contributed by atoms with Crippen molar-refractivity contribution >= 4 is 5.91 Å². The highest BCUT2D eigenvalue weighted by Crippen LogP contribution is 2.12. The molecule has 0 atom stereocenters. The summed E-state index contributed by atoms with van der Waals surface area (Å²) in [5, 5.41) is 0. The Morgan fingerprint density at radius 2 is 1.80 bits per heavy atom. The second-order valence-corrected chi connectivity index (χ2v) is 4.44. The Hall–Kier alpha value is -0.610. The largest absolute Gasteiger partial charge is 0.345 e. The van der Waals surface area contributed by atoms with E-state index < -0.39 is 0 Å². The Morgan fingerprint density at radius 3 is 2.13 bits per heavy atom. The lowest BCUT2D eigenvalue weighted by atomic mass is 10.0. The molecule has 0 aromatic heterocycles. The van der Waals surface area contributed by atoms with Gasteiger partial charge >= 0.3 is 0 Å². The lowest BCUT2D eigenvalue weighted by molar-refractivity contribution is -0.132. The summed E-state index contributed by atoms with van der Waals surface area (Å²) in [6.07, 6.45) is 0. The van der Waals surface area contributed by atoms with Crippen molar-refractivity contribution < 1.29 is 4.79 Å². The van der Waals surface area contributed by atoms with Gasteiger partial charge in [0, 0.05) is 25.7 Å². The number of nitrogens with zero attached hydrogens (tertiary/aromatic N) is 2. The molecule has 0 aliphatic carbocycles. The van der Waals surface area contributed by atoms with E-state index >= 15 is 0 Å². The van der Waals surface area contributed by atoms with Crippen LogP contribution in [0.4, 0.5) is 0 Å². The summed E-state index contributed by atoms with van der Waals surface area (Å²) in [5.74, 6) is 0.154. The second-order valence-electron chi connectivity index (χ2n) is 4.44. The Labute approximate surface area is 93.4 Å². The fourth-order valence-electron chi connectivity index (χ4n) is 1.34. The highest BCUT2D eigenvalue weighted by molar-refractivity contribution is 5.78. The molecule has 0 aliphatic heterocycles. The van der Waals surface area contributed by atoms with E-state index in [0.717, 1.165) is 13.1 Å². The molecule has 15 heavy (non-hydrogen) atoms. The fourth-order valence-corrected chi connectivity index (χ4v) is 1.34. The van der Waals surface area contributed by atoms with E-state index in [-0.39, 0.29) is 11.4 Å². The molecule has 0 heterocycles. The molecule has 90 valence electrons. The third-order valence-corrected chi connectivity index (χ3v) is 2.96. The molecule has 0 rings (SSSR count). The highest BCUT2D eigenvalue weighted by Gasteiger charge is 2.26. The summed E-state index contributed by atoms with van der Waals surface area (Å²) in [7, 11) is 1.83. The first-order chi connectivity index (χ1) is 6.88. The smallest absolute Gasteiger partial charge is 0.236 e. The van der Waals surface area contributed by atoms with Gasteiger partial charge in [-0.25, -0.2) is 0 Å². The van der Waals surface area contributed by atoms with Crippen molar-refractivity contribution in [2.45, 2.75) is 33.2 Å². The van der Waals surface area contributed by atoms with Crippen LogP contribution in [0, 0.1) is 0 Å². The topological polar surface area (TPSA) is 49.6 Å². The third kappa shape index (κ3) is 4.18. The van der Waals surface area contributed by atoms with Crippen LogP contribution in [-0.2, 0) is 4.79 Å². The Bertz CT molecular complexity index is 204. The van der Waals surface area contributed by atoms with Crippen LogP contribution in [0.25, 0.3) is 0 Å². The van der Waals surface area contributed by atoms with Gasteiger partial charge in [-0.2, -0.15) is 0 Å². The average Bonchev–Trinajstić information content (AvgIpc) is 2.23. The standard InChI is InChI=1S/C11H25N3O/c1-6-13(5)10(15)8-14(7-2)11(3,4)9-12/h6-9,12H2,1-5H3. The number of carbonyl (C=O) groups excluding carboxylic acids is 1. The van der Waals surface area contributed by atoms with Crippen LogP contribution < -0.4 is 5.73 Å². The van der Waals surface area contributed by atoms with E-state index in [1.54, 1.807) is 4.90 Å². The molecule has 0 unspecified atom stereocenters. The van der Waals surface area contributed by atoms with Gasteiger partial charge in [-0.15, -0.1) is 0 Å². The third-order valence-electron chi connectivity index (χ3n) is 2.96. The second kappa shape index (κ2) is 6.08. The van der Waals surface area contributed by atoms with E-state index in [0.29, 0.717) is 13.1 Å². The first-order valence-corrected chi connectivity index (χ1v) is 5.58. The molecular formula is C11H25N3O. The molecule has 0 saturated carbocycles. The molecule has 0 radical (unpaired) electrons. The number of hydrogen-bond donors (Lipinski definition) is 1. The molecule has 0 spiro atoms. The number of nitrogens with two attached hydrogens (primary N) is 1. The van der Waals surface area contributed by atoms with E-state index in [9.17, 15) is 4.79 Å². The van der Waals surface area contributed by atoms with Crippen molar-refractivity contribution in [3.63, 3.8) is 0 Å². The summed E-state index contributed by atoms with van der Waals surface area (Å²) >= 11 is 0. The van der Waals surface area contributed by atoms with Crippen molar-refractivity contribution in [3.05, 3.63) is 0 Å². The van der Waals surface area contributed by atoms with E-state index in [4.69, 9.17) is 5.73 Å². The summed E-state index contributed by atoms with van der Waals surface area (Å²) in [6.45, 7) is 10.8. The maximum atomic E-state index is 11.7. The van der Waals surface area contributed by atoms with E-state index in [1.807, 2.05) is 14.0 Å². The summed E-state index contributed by atoms with van der Waals surface area (Å²) in [5.41, 5.74) is 5.59. The van der Waals surface area contributed by atoms with Crippen LogP contribution in [0.5, 0.6) is 0 Å². The molecule has 0 bridgehead atoms. The van der Waals surface area contributed by atoms with Crippen LogP contribution in [-0.4, -0.2) is 54.5 Å². The molecule has 0 fully saturated rings. The molecule has 0 saturated heterocycles. The quantitative estimate of drug-likeness (QED) is 0.703. The first kappa shape index (κ1) is 14.4. The Morgan fingerprint density at radius 1 is 1.27 bits per heavy atom. The van der Waals surface area contributed by atoms with Crippen LogP contribution >= 0.6 is 0 Å². The van der Waals surface area contributed by atoms with Crippen LogP contribution in [0.1, 0.15) is 27.7 Å². The lowest BCUT2D eigenvalue weighted by Crippen LogP contribution is -2.52. The van der Waals surface area contributed by atoms with Crippen molar-refractivity contribution in [3.8, 4) is 0 Å². The number of rotatable bonds is 6. The number of amides is 1. The molecule has 1 amide bonds. The van der Waals surface area contributed by atoms with E-state index in [1.165, 1.54) is 0 Å². The number of hydrogen-bond acceptors (Lipinski definition) is 3. The Balaban J connectivity index is 4.40. The number of carbonyl (C=O) groups is 1. The van der Waals surface area contributed by atoms with Crippen molar-refractivity contribution in [2.75, 3.05) is 33.2 Å². The minimum atomic E-state index is -0.112. The maximum Gasteiger partial charge on any atom is 0.236 e. The van der Waals surface area contributed by atoms with Gasteiger partial charge in [-0.05, 0) is 27.3 Å². The predicted octanol–water partition coefficient (Wildman–Crippen LogP) is 0.524. The monoisotopic (exact) mass is 215 g/mol. The molecule has 4 heteroatoms. The molecule has 0 aliphatic rings. The zero-order chi connectivity index (χ0) is 12.1. The van der Waals surface area contributed by atoms with Crippen LogP contribution in [0.2, 0.25) is 0 Å². The molecular weight excluding hydrogens is 190 g/mol.